The summed E-state index contributed by atoms with van der Waals surface area (Å²) in [5.74, 6) is 1.77. The Bertz CT molecular complexity index is 703. The summed E-state index contributed by atoms with van der Waals surface area (Å²) in [4.78, 5) is 14.7. The lowest BCUT2D eigenvalue weighted by atomic mass is 10.1. The number of amides is 2. The van der Waals surface area contributed by atoms with Gasteiger partial charge in [-0.1, -0.05) is 37.3 Å². The highest BCUT2D eigenvalue weighted by atomic mass is 32.2. The minimum absolute atomic E-state index is 0.0401. The van der Waals surface area contributed by atoms with Gasteiger partial charge in [-0.15, -0.1) is 11.8 Å². The van der Waals surface area contributed by atoms with Crippen molar-refractivity contribution in [2.24, 2.45) is 0 Å². The van der Waals surface area contributed by atoms with E-state index >= 15 is 0 Å². The number of nitrogens with one attached hydrogen (secondary N) is 1. The van der Waals surface area contributed by atoms with Crippen LogP contribution in [0.15, 0.2) is 48.5 Å². The first kappa shape index (κ1) is 16.7. The number of benzene rings is 2. The van der Waals surface area contributed by atoms with Crippen molar-refractivity contribution in [1.29, 1.82) is 0 Å². The van der Waals surface area contributed by atoms with Gasteiger partial charge in [0.05, 0.1) is 7.11 Å². The summed E-state index contributed by atoms with van der Waals surface area (Å²) in [7, 11) is 1.66. The van der Waals surface area contributed by atoms with Crippen molar-refractivity contribution < 1.29 is 9.53 Å². The molecule has 0 aromatic heterocycles. The lowest BCUT2D eigenvalue weighted by Crippen LogP contribution is -2.34. The van der Waals surface area contributed by atoms with Gasteiger partial charge in [-0.3, -0.25) is 0 Å². The highest BCUT2D eigenvalue weighted by molar-refractivity contribution is 7.99. The van der Waals surface area contributed by atoms with Crippen molar-refractivity contribution in [2.75, 3.05) is 24.7 Å². The predicted molar refractivity (Wildman–Crippen MR) is 99.7 cm³/mol. The number of rotatable bonds is 4. The molecule has 126 valence electrons. The van der Waals surface area contributed by atoms with Crippen molar-refractivity contribution in [1.82, 2.24) is 4.90 Å². The Morgan fingerprint density at radius 2 is 2.00 bits per heavy atom. The van der Waals surface area contributed by atoms with Gasteiger partial charge in [-0.2, -0.15) is 0 Å². The Hall–Kier alpha value is -2.14. The zero-order valence-corrected chi connectivity index (χ0v) is 14.8. The van der Waals surface area contributed by atoms with Crippen LogP contribution in [0.5, 0.6) is 5.75 Å². The number of nitrogens with zero attached hydrogens (tertiary/aromatic N) is 1. The van der Waals surface area contributed by atoms with Crippen molar-refractivity contribution in [3.8, 4) is 5.75 Å². The summed E-state index contributed by atoms with van der Waals surface area (Å²) < 4.78 is 5.21. The molecule has 4 nitrogen and oxygen atoms in total. The number of hydrogen-bond donors (Lipinski definition) is 1. The van der Waals surface area contributed by atoms with Crippen LogP contribution in [-0.4, -0.2) is 30.3 Å². The minimum Gasteiger partial charge on any atom is -0.497 e. The van der Waals surface area contributed by atoms with E-state index in [2.05, 4.69) is 18.3 Å². The third-order valence-corrected chi connectivity index (χ3v) is 5.45. The van der Waals surface area contributed by atoms with Crippen LogP contribution in [0.2, 0.25) is 0 Å². The highest BCUT2D eigenvalue weighted by Gasteiger charge is 2.30. The summed E-state index contributed by atoms with van der Waals surface area (Å²) in [5.41, 5.74) is 3.17. The van der Waals surface area contributed by atoms with Gasteiger partial charge in [0.2, 0.25) is 0 Å². The number of ether oxygens (including phenoxy) is 1. The molecule has 24 heavy (non-hydrogen) atoms. The van der Waals surface area contributed by atoms with Gasteiger partial charge >= 0.3 is 6.03 Å². The molecule has 1 fully saturated rings. The largest absolute Gasteiger partial charge is 0.497 e. The summed E-state index contributed by atoms with van der Waals surface area (Å²) in [6.07, 6.45) is 0.896. The van der Waals surface area contributed by atoms with E-state index in [9.17, 15) is 4.79 Å². The van der Waals surface area contributed by atoms with Crippen molar-refractivity contribution in [2.45, 2.75) is 18.7 Å². The van der Waals surface area contributed by atoms with Crippen molar-refractivity contribution in [3.05, 3.63) is 59.7 Å². The molecule has 2 aromatic carbocycles. The number of anilines is 1. The molecule has 0 spiro atoms. The van der Waals surface area contributed by atoms with Crippen molar-refractivity contribution >= 4 is 23.5 Å². The number of carbonyl (C=O) groups is 1. The Labute approximate surface area is 147 Å². The molecule has 0 radical (unpaired) electrons. The zero-order chi connectivity index (χ0) is 16.9. The lowest BCUT2D eigenvalue weighted by molar-refractivity contribution is 0.214. The van der Waals surface area contributed by atoms with Gasteiger partial charge in [0.15, 0.2) is 0 Å². The Kier molecular flexibility index (Phi) is 5.30. The van der Waals surface area contributed by atoms with Crippen LogP contribution in [0.1, 0.15) is 23.4 Å². The van der Waals surface area contributed by atoms with Gasteiger partial charge in [-0.25, -0.2) is 4.79 Å². The van der Waals surface area contributed by atoms with E-state index in [-0.39, 0.29) is 11.4 Å². The van der Waals surface area contributed by atoms with Crippen LogP contribution < -0.4 is 10.1 Å². The van der Waals surface area contributed by atoms with Gasteiger partial charge in [0.1, 0.15) is 11.1 Å². The molecule has 1 aliphatic heterocycles. The normalized spacial score (nSPS) is 16.9. The van der Waals surface area contributed by atoms with E-state index in [4.69, 9.17) is 4.74 Å². The van der Waals surface area contributed by atoms with E-state index in [1.165, 1.54) is 0 Å². The molecule has 0 aliphatic carbocycles. The maximum atomic E-state index is 12.8. The maximum Gasteiger partial charge on any atom is 0.323 e. The average Bonchev–Trinajstić information content (AvgIpc) is 3.12. The number of methoxy groups -OCH3 is 1. The van der Waals surface area contributed by atoms with Crippen LogP contribution >= 0.6 is 11.8 Å². The van der Waals surface area contributed by atoms with Crippen LogP contribution in [0.4, 0.5) is 10.5 Å². The molecule has 2 amide bonds. The Morgan fingerprint density at radius 3 is 2.71 bits per heavy atom. The second kappa shape index (κ2) is 7.62. The quantitative estimate of drug-likeness (QED) is 0.887. The van der Waals surface area contributed by atoms with Crippen LogP contribution in [-0.2, 0) is 6.42 Å². The number of para-hydroxylation sites is 1. The van der Waals surface area contributed by atoms with Crippen molar-refractivity contribution in [3.63, 3.8) is 0 Å². The summed E-state index contributed by atoms with van der Waals surface area (Å²) in [5, 5.41) is 3.12. The number of thioether (sulfide) groups is 1. The van der Waals surface area contributed by atoms with Gasteiger partial charge in [0.25, 0.3) is 0 Å². The second-order valence-electron chi connectivity index (χ2n) is 5.63. The first-order chi connectivity index (χ1) is 11.7. The first-order valence-electron chi connectivity index (χ1n) is 8.14. The molecule has 1 unspecified atom stereocenters. The smallest absolute Gasteiger partial charge is 0.323 e. The molecular formula is C19H22N2O2S. The summed E-state index contributed by atoms with van der Waals surface area (Å²) in [6, 6.07) is 15.9. The molecule has 5 heteroatoms. The van der Waals surface area contributed by atoms with E-state index in [1.807, 2.05) is 47.4 Å². The standard InChI is InChI=1S/C19H22N2O2S/c1-3-14-6-4-5-7-17(14)20-19(22)21-12-13-24-18(21)15-8-10-16(23-2)11-9-15/h4-11,18H,3,12-13H2,1-2H3,(H,20,22). The monoisotopic (exact) mass is 342 g/mol. The van der Waals surface area contributed by atoms with E-state index in [0.29, 0.717) is 0 Å². The molecule has 1 saturated heterocycles. The molecular weight excluding hydrogens is 320 g/mol. The number of aryl methyl sites for hydroxylation is 1. The SMILES string of the molecule is CCc1ccccc1NC(=O)N1CCSC1c1ccc(OC)cc1. The van der Waals surface area contributed by atoms with Gasteiger partial charge in [-0.05, 0) is 35.7 Å². The fourth-order valence-electron chi connectivity index (χ4n) is 2.86. The fraction of sp³-hybridized carbons (Fsp3) is 0.316. The molecule has 1 N–H and O–H groups in total. The van der Waals surface area contributed by atoms with E-state index in [0.717, 1.165) is 41.3 Å². The molecule has 1 aliphatic rings. The minimum atomic E-state index is -0.0401. The van der Waals surface area contributed by atoms with Crippen LogP contribution in [0, 0.1) is 0 Å². The molecule has 0 saturated carbocycles. The second-order valence-corrected chi connectivity index (χ2v) is 6.82. The molecule has 3 rings (SSSR count). The number of carbonyl (C=O) groups excluding carboxylic acids is 1. The molecule has 1 heterocycles. The van der Waals surface area contributed by atoms with Crippen LogP contribution in [0.3, 0.4) is 0 Å². The average molecular weight is 342 g/mol. The summed E-state index contributed by atoms with van der Waals surface area (Å²) >= 11 is 1.79. The Morgan fingerprint density at radius 1 is 1.25 bits per heavy atom. The topological polar surface area (TPSA) is 41.6 Å². The Balaban J connectivity index is 1.75. The zero-order valence-electron chi connectivity index (χ0n) is 14.0. The van der Waals surface area contributed by atoms with Crippen LogP contribution in [0.25, 0.3) is 0 Å². The van der Waals surface area contributed by atoms with Gasteiger partial charge < -0.3 is 15.0 Å². The lowest BCUT2D eigenvalue weighted by Gasteiger charge is -2.25. The first-order valence-corrected chi connectivity index (χ1v) is 9.19. The fourth-order valence-corrected chi connectivity index (χ4v) is 4.12. The number of urea groups is 1. The molecule has 1 atom stereocenters. The van der Waals surface area contributed by atoms with E-state index in [1.54, 1.807) is 18.9 Å². The molecule has 2 aromatic rings. The van der Waals surface area contributed by atoms with Gasteiger partial charge in [0, 0.05) is 18.0 Å². The maximum absolute atomic E-state index is 12.8. The number of hydrogen-bond acceptors (Lipinski definition) is 3. The third-order valence-electron chi connectivity index (χ3n) is 4.19. The predicted octanol–water partition coefficient (Wildman–Crippen LogP) is 4.54. The third kappa shape index (κ3) is 3.51. The summed E-state index contributed by atoms with van der Waals surface area (Å²) in [6.45, 7) is 2.85. The van der Waals surface area contributed by atoms with E-state index < -0.39 is 0 Å². The highest BCUT2D eigenvalue weighted by Crippen LogP contribution is 2.38. The molecule has 0 bridgehead atoms.